The van der Waals surface area contributed by atoms with Crippen LogP contribution in [0.4, 0.5) is 0 Å². The van der Waals surface area contributed by atoms with Gasteiger partial charge in [0.2, 0.25) is 5.78 Å². The van der Waals surface area contributed by atoms with Crippen LogP contribution in [0.3, 0.4) is 0 Å². The molecule has 0 bridgehead atoms. The van der Waals surface area contributed by atoms with Crippen molar-refractivity contribution in [2.24, 2.45) is 0 Å². The molecule has 4 nitrogen and oxygen atoms in total. The van der Waals surface area contributed by atoms with E-state index in [0.717, 1.165) is 10.7 Å². The molecule has 1 aromatic rings. The SMILES string of the molecule is Cc1nc(CN2CCC(=O)C2=O)cs1. The summed E-state index contributed by atoms with van der Waals surface area (Å²) in [6, 6.07) is 0. The predicted molar refractivity (Wildman–Crippen MR) is 51.9 cm³/mol. The maximum absolute atomic E-state index is 11.3. The Balaban J connectivity index is 2.05. The zero-order valence-corrected chi connectivity index (χ0v) is 8.63. The third kappa shape index (κ3) is 1.68. The molecule has 0 spiro atoms. The van der Waals surface area contributed by atoms with Crippen LogP contribution in [-0.4, -0.2) is 28.1 Å². The zero-order chi connectivity index (χ0) is 10.1. The first-order chi connectivity index (χ1) is 6.66. The lowest BCUT2D eigenvalue weighted by molar-refractivity contribution is -0.140. The molecule has 74 valence electrons. The number of nitrogens with zero attached hydrogens (tertiary/aromatic N) is 2. The number of aryl methyl sites for hydroxylation is 1. The van der Waals surface area contributed by atoms with Crippen molar-refractivity contribution < 1.29 is 9.59 Å². The quantitative estimate of drug-likeness (QED) is 0.677. The second-order valence-corrected chi connectivity index (χ2v) is 4.32. The number of rotatable bonds is 2. The summed E-state index contributed by atoms with van der Waals surface area (Å²) in [5, 5.41) is 2.91. The van der Waals surface area contributed by atoms with Gasteiger partial charge in [0.1, 0.15) is 0 Å². The molecule has 14 heavy (non-hydrogen) atoms. The third-order valence-electron chi connectivity index (χ3n) is 2.15. The van der Waals surface area contributed by atoms with Gasteiger partial charge in [0.25, 0.3) is 5.91 Å². The van der Waals surface area contributed by atoms with Crippen LogP contribution >= 0.6 is 11.3 Å². The summed E-state index contributed by atoms with van der Waals surface area (Å²) in [5.41, 5.74) is 0.871. The normalized spacial score (nSPS) is 16.8. The van der Waals surface area contributed by atoms with Crippen LogP contribution in [-0.2, 0) is 16.1 Å². The summed E-state index contributed by atoms with van der Waals surface area (Å²) >= 11 is 1.56. The second kappa shape index (κ2) is 3.49. The molecule has 0 unspecified atom stereocenters. The number of ketones is 1. The van der Waals surface area contributed by atoms with Crippen molar-refractivity contribution in [3.8, 4) is 0 Å². The number of hydrogen-bond acceptors (Lipinski definition) is 4. The molecule has 2 heterocycles. The van der Waals surface area contributed by atoms with Crippen molar-refractivity contribution in [2.75, 3.05) is 6.54 Å². The van der Waals surface area contributed by atoms with E-state index in [9.17, 15) is 9.59 Å². The summed E-state index contributed by atoms with van der Waals surface area (Å²) < 4.78 is 0. The van der Waals surface area contributed by atoms with Gasteiger partial charge in [-0.15, -0.1) is 11.3 Å². The minimum Gasteiger partial charge on any atom is -0.330 e. The Morgan fingerprint density at radius 3 is 2.86 bits per heavy atom. The van der Waals surface area contributed by atoms with E-state index in [1.807, 2.05) is 12.3 Å². The van der Waals surface area contributed by atoms with Crippen molar-refractivity contribution in [1.29, 1.82) is 0 Å². The average Bonchev–Trinajstić information content (AvgIpc) is 2.67. The topological polar surface area (TPSA) is 50.3 Å². The fraction of sp³-hybridized carbons (Fsp3) is 0.444. The summed E-state index contributed by atoms with van der Waals surface area (Å²) in [4.78, 5) is 28.0. The Bertz CT molecular complexity index is 386. The van der Waals surface area contributed by atoms with Crippen molar-refractivity contribution in [2.45, 2.75) is 19.9 Å². The summed E-state index contributed by atoms with van der Waals surface area (Å²) in [6.45, 7) is 2.92. The van der Waals surface area contributed by atoms with Gasteiger partial charge in [0.05, 0.1) is 17.2 Å². The number of carbonyl (C=O) groups is 2. The molecule has 1 aliphatic heterocycles. The van der Waals surface area contributed by atoms with Crippen molar-refractivity contribution >= 4 is 23.0 Å². The molecule has 2 rings (SSSR count). The van der Waals surface area contributed by atoms with Gasteiger partial charge < -0.3 is 4.90 Å². The third-order valence-corrected chi connectivity index (χ3v) is 2.98. The molecule has 0 radical (unpaired) electrons. The predicted octanol–water partition coefficient (Wildman–Crippen LogP) is 0.753. The minimum atomic E-state index is -0.365. The van der Waals surface area contributed by atoms with E-state index in [4.69, 9.17) is 0 Å². The summed E-state index contributed by atoms with van der Waals surface area (Å²) in [5.74, 6) is -0.646. The lowest BCUT2D eigenvalue weighted by Gasteiger charge is -2.11. The Morgan fingerprint density at radius 2 is 2.36 bits per heavy atom. The van der Waals surface area contributed by atoms with E-state index in [0.29, 0.717) is 19.5 Å². The molecule has 1 aromatic heterocycles. The molecular formula is C9H10N2O2S. The van der Waals surface area contributed by atoms with Gasteiger partial charge in [-0.05, 0) is 6.92 Å². The van der Waals surface area contributed by atoms with Gasteiger partial charge in [-0.2, -0.15) is 0 Å². The summed E-state index contributed by atoms with van der Waals surface area (Å²) in [7, 11) is 0. The van der Waals surface area contributed by atoms with Gasteiger partial charge in [-0.3, -0.25) is 9.59 Å². The van der Waals surface area contributed by atoms with E-state index in [1.54, 1.807) is 16.2 Å². The molecule has 0 atom stereocenters. The van der Waals surface area contributed by atoms with Gasteiger partial charge in [-0.25, -0.2) is 4.98 Å². The molecular weight excluding hydrogens is 200 g/mol. The molecule has 5 heteroatoms. The molecule has 1 fully saturated rings. The maximum atomic E-state index is 11.3. The maximum Gasteiger partial charge on any atom is 0.290 e. The van der Waals surface area contributed by atoms with E-state index in [2.05, 4.69) is 4.98 Å². The summed E-state index contributed by atoms with van der Waals surface area (Å²) in [6.07, 6.45) is 0.349. The van der Waals surface area contributed by atoms with E-state index in [1.165, 1.54) is 0 Å². The molecule has 0 aromatic carbocycles. The first kappa shape index (κ1) is 9.33. The highest BCUT2D eigenvalue weighted by Gasteiger charge is 2.29. The fourth-order valence-corrected chi connectivity index (χ4v) is 2.05. The Morgan fingerprint density at radius 1 is 1.57 bits per heavy atom. The number of Topliss-reactive ketones (excluding diaryl/α,β-unsaturated/α-hetero) is 1. The van der Waals surface area contributed by atoms with Crippen LogP contribution in [0.1, 0.15) is 17.1 Å². The van der Waals surface area contributed by atoms with Crippen molar-refractivity contribution in [3.63, 3.8) is 0 Å². The smallest absolute Gasteiger partial charge is 0.290 e. The van der Waals surface area contributed by atoms with Crippen LogP contribution in [0, 0.1) is 6.92 Å². The number of aromatic nitrogens is 1. The molecule has 0 N–H and O–H groups in total. The highest BCUT2D eigenvalue weighted by Crippen LogP contribution is 2.14. The van der Waals surface area contributed by atoms with Crippen molar-refractivity contribution in [1.82, 2.24) is 9.88 Å². The van der Waals surface area contributed by atoms with Gasteiger partial charge in [0, 0.05) is 18.3 Å². The minimum absolute atomic E-state index is 0.281. The van der Waals surface area contributed by atoms with E-state index >= 15 is 0 Å². The molecule has 1 aliphatic rings. The monoisotopic (exact) mass is 210 g/mol. The first-order valence-electron chi connectivity index (χ1n) is 4.40. The molecule has 0 saturated carbocycles. The lowest BCUT2D eigenvalue weighted by Crippen LogP contribution is -2.26. The molecule has 0 aliphatic carbocycles. The zero-order valence-electron chi connectivity index (χ0n) is 7.82. The Hall–Kier alpha value is -1.23. The van der Waals surface area contributed by atoms with Crippen molar-refractivity contribution in [3.05, 3.63) is 16.1 Å². The van der Waals surface area contributed by atoms with Gasteiger partial charge in [-0.1, -0.05) is 0 Å². The van der Waals surface area contributed by atoms with Gasteiger partial charge in [0.15, 0.2) is 0 Å². The molecule has 1 saturated heterocycles. The number of likely N-dealkylation sites (tertiary alicyclic amines) is 1. The lowest BCUT2D eigenvalue weighted by atomic mass is 10.3. The van der Waals surface area contributed by atoms with Crippen LogP contribution < -0.4 is 0 Å². The second-order valence-electron chi connectivity index (χ2n) is 3.26. The standard InChI is InChI=1S/C9H10N2O2S/c1-6-10-7(5-14-6)4-11-3-2-8(12)9(11)13/h5H,2-4H2,1H3. The number of amides is 1. The van der Waals surface area contributed by atoms with E-state index < -0.39 is 0 Å². The van der Waals surface area contributed by atoms with Crippen LogP contribution in [0.15, 0.2) is 5.38 Å². The van der Waals surface area contributed by atoms with Crippen LogP contribution in [0.2, 0.25) is 0 Å². The number of thiazole rings is 1. The fourth-order valence-electron chi connectivity index (χ4n) is 1.45. The number of hydrogen-bond donors (Lipinski definition) is 0. The highest BCUT2D eigenvalue weighted by atomic mass is 32.1. The Labute approximate surface area is 85.6 Å². The van der Waals surface area contributed by atoms with Crippen LogP contribution in [0.5, 0.6) is 0 Å². The number of carbonyl (C=O) groups excluding carboxylic acids is 2. The van der Waals surface area contributed by atoms with Gasteiger partial charge >= 0.3 is 0 Å². The molecule has 1 amide bonds. The van der Waals surface area contributed by atoms with Crippen LogP contribution in [0.25, 0.3) is 0 Å². The first-order valence-corrected chi connectivity index (χ1v) is 5.28. The Kier molecular flexibility index (Phi) is 2.33. The highest BCUT2D eigenvalue weighted by molar-refractivity contribution is 7.09. The van der Waals surface area contributed by atoms with E-state index in [-0.39, 0.29) is 11.7 Å². The largest absolute Gasteiger partial charge is 0.330 e. The average molecular weight is 210 g/mol.